The Morgan fingerprint density at radius 2 is 1.59 bits per heavy atom. The van der Waals surface area contributed by atoms with Crippen LogP contribution >= 0.6 is 0 Å². The molecule has 4 rings (SSSR count). The Bertz CT molecular complexity index is 1330. The molecule has 8 heteroatoms. The average Bonchev–Trinajstić information content (AvgIpc) is 2.78. The van der Waals surface area contributed by atoms with E-state index in [-0.39, 0.29) is 16.9 Å². The second-order valence-corrected chi connectivity index (χ2v) is 6.98. The highest BCUT2D eigenvalue weighted by Gasteiger charge is 2.30. The predicted octanol–water partition coefficient (Wildman–Crippen LogP) is 5.87. The van der Waals surface area contributed by atoms with Crippen LogP contribution in [-0.2, 0) is 6.18 Å². The lowest BCUT2D eigenvalue weighted by Gasteiger charge is -2.12. The topological polar surface area (TPSA) is 79.3 Å². The molecule has 0 atom stereocenters. The molecule has 0 bridgehead atoms. The summed E-state index contributed by atoms with van der Waals surface area (Å²) in [6, 6.07) is 18.8. The van der Waals surface area contributed by atoms with Crippen molar-refractivity contribution in [3.8, 4) is 11.1 Å². The van der Waals surface area contributed by atoms with Crippen molar-refractivity contribution in [2.75, 3.05) is 5.32 Å². The van der Waals surface area contributed by atoms with Crippen molar-refractivity contribution in [3.63, 3.8) is 0 Å². The summed E-state index contributed by atoms with van der Waals surface area (Å²) in [7, 11) is 0. The van der Waals surface area contributed by atoms with E-state index in [1.807, 2.05) is 0 Å². The Balaban J connectivity index is 1.62. The predicted molar refractivity (Wildman–Crippen MR) is 114 cm³/mol. The highest BCUT2D eigenvalue weighted by atomic mass is 19.4. The van der Waals surface area contributed by atoms with Crippen LogP contribution in [0.3, 0.4) is 0 Å². The smallest absolute Gasteiger partial charge is 0.416 e. The van der Waals surface area contributed by atoms with Crippen molar-refractivity contribution < 1.29 is 27.9 Å². The zero-order valence-electron chi connectivity index (χ0n) is 16.4. The summed E-state index contributed by atoms with van der Waals surface area (Å²) < 4.78 is 38.5. The fourth-order valence-corrected chi connectivity index (χ4v) is 3.28. The Hall–Kier alpha value is -4.20. The number of rotatable bonds is 4. The van der Waals surface area contributed by atoms with E-state index in [0.717, 1.165) is 12.1 Å². The average molecular weight is 436 g/mol. The zero-order valence-corrected chi connectivity index (χ0v) is 16.4. The largest absolute Gasteiger partial charge is 0.478 e. The van der Waals surface area contributed by atoms with Crippen LogP contribution in [0.2, 0.25) is 0 Å². The third-order valence-electron chi connectivity index (χ3n) is 4.87. The van der Waals surface area contributed by atoms with E-state index >= 15 is 0 Å². The Morgan fingerprint density at radius 1 is 0.875 bits per heavy atom. The lowest BCUT2D eigenvalue weighted by Crippen LogP contribution is -2.14. The number of hydrogen-bond acceptors (Lipinski definition) is 3. The Labute approximate surface area is 180 Å². The molecule has 0 aliphatic rings. The van der Waals surface area contributed by atoms with Crippen LogP contribution in [0.5, 0.6) is 0 Å². The summed E-state index contributed by atoms with van der Waals surface area (Å²) in [6.45, 7) is 0. The van der Waals surface area contributed by atoms with Gasteiger partial charge in [0.05, 0.1) is 16.6 Å². The van der Waals surface area contributed by atoms with Crippen LogP contribution < -0.4 is 5.32 Å². The fourth-order valence-electron chi connectivity index (χ4n) is 3.28. The molecule has 0 saturated heterocycles. The molecule has 2 N–H and O–H groups in total. The van der Waals surface area contributed by atoms with Gasteiger partial charge in [-0.1, -0.05) is 30.3 Å². The van der Waals surface area contributed by atoms with Gasteiger partial charge in [0.15, 0.2) is 0 Å². The fraction of sp³-hybridized carbons (Fsp3) is 0.0417. The third-order valence-corrected chi connectivity index (χ3v) is 4.87. The molecule has 0 radical (unpaired) electrons. The molecule has 0 fully saturated rings. The minimum Gasteiger partial charge on any atom is -0.478 e. The number of carbonyl (C=O) groups is 2. The number of anilines is 1. The van der Waals surface area contributed by atoms with Gasteiger partial charge in [-0.05, 0) is 59.7 Å². The molecular formula is C24H15F3N2O3. The number of amides is 1. The maximum Gasteiger partial charge on any atom is 0.416 e. The molecule has 4 aromatic rings. The van der Waals surface area contributed by atoms with E-state index in [4.69, 9.17) is 5.11 Å². The van der Waals surface area contributed by atoms with Gasteiger partial charge in [-0.2, -0.15) is 13.2 Å². The molecule has 1 amide bonds. The monoisotopic (exact) mass is 436 g/mol. The molecule has 0 spiro atoms. The molecule has 32 heavy (non-hydrogen) atoms. The highest BCUT2D eigenvalue weighted by molar-refractivity contribution is 6.08. The molecule has 3 aromatic carbocycles. The zero-order chi connectivity index (χ0) is 22.9. The first-order valence-corrected chi connectivity index (χ1v) is 9.44. The lowest BCUT2D eigenvalue weighted by molar-refractivity contribution is -0.137. The summed E-state index contributed by atoms with van der Waals surface area (Å²) in [5, 5.41) is 12.4. The van der Waals surface area contributed by atoms with E-state index in [1.54, 1.807) is 42.5 Å². The first-order valence-electron chi connectivity index (χ1n) is 9.44. The number of halogens is 3. The maximum atomic E-state index is 12.9. The molecule has 1 aromatic heterocycles. The van der Waals surface area contributed by atoms with Crippen LogP contribution in [0.1, 0.15) is 26.3 Å². The number of aromatic carboxylic acids is 1. The van der Waals surface area contributed by atoms with E-state index in [0.29, 0.717) is 22.0 Å². The molecule has 160 valence electrons. The lowest BCUT2D eigenvalue weighted by atomic mass is 9.98. The molecule has 0 saturated carbocycles. The van der Waals surface area contributed by atoms with E-state index in [1.165, 1.54) is 24.3 Å². The van der Waals surface area contributed by atoms with E-state index < -0.39 is 23.6 Å². The van der Waals surface area contributed by atoms with Crippen molar-refractivity contribution in [1.82, 2.24) is 4.98 Å². The number of carbonyl (C=O) groups excluding carboxylic acids is 1. The van der Waals surface area contributed by atoms with Crippen LogP contribution in [0.4, 0.5) is 19.0 Å². The van der Waals surface area contributed by atoms with Gasteiger partial charge in [0.25, 0.3) is 5.91 Å². The Morgan fingerprint density at radius 3 is 2.28 bits per heavy atom. The highest BCUT2D eigenvalue weighted by Crippen LogP contribution is 2.32. The van der Waals surface area contributed by atoms with Gasteiger partial charge in [0.2, 0.25) is 0 Å². The normalized spacial score (nSPS) is 11.3. The van der Waals surface area contributed by atoms with E-state index in [2.05, 4.69) is 10.3 Å². The quantitative estimate of drug-likeness (QED) is 0.419. The summed E-state index contributed by atoms with van der Waals surface area (Å²) in [5.41, 5.74) is 1.08. The van der Waals surface area contributed by atoms with Gasteiger partial charge in [-0.25, -0.2) is 9.78 Å². The Kier molecular flexibility index (Phi) is 5.36. The van der Waals surface area contributed by atoms with E-state index in [9.17, 15) is 22.8 Å². The number of nitrogens with one attached hydrogen (secondary N) is 1. The number of aromatic nitrogens is 1. The minimum atomic E-state index is -4.44. The van der Waals surface area contributed by atoms with Gasteiger partial charge >= 0.3 is 12.1 Å². The van der Waals surface area contributed by atoms with Gasteiger partial charge in [-0.15, -0.1) is 0 Å². The van der Waals surface area contributed by atoms with Gasteiger partial charge in [0, 0.05) is 10.9 Å². The van der Waals surface area contributed by atoms with Crippen LogP contribution in [0, 0.1) is 0 Å². The summed E-state index contributed by atoms with van der Waals surface area (Å²) >= 11 is 0. The number of carboxylic acids is 1. The molecule has 0 aliphatic heterocycles. The molecule has 1 heterocycles. The van der Waals surface area contributed by atoms with Gasteiger partial charge < -0.3 is 10.4 Å². The van der Waals surface area contributed by atoms with Crippen molar-refractivity contribution in [3.05, 3.63) is 95.6 Å². The number of alkyl halides is 3. The first-order chi connectivity index (χ1) is 15.2. The maximum absolute atomic E-state index is 12.9. The second kappa shape index (κ2) is 8.14. The van der Waals surface area contributed by atoms with Crippen LogP contribution in [0.15, 0.2) is 78.9 Å². The molecule has 5 nitrogen and oxygen atoms in total. The molecule has 0 unspecified atom stereocenters. The number of carboxylic acid groups (broad SMARTS) is 1. The summed E-state index contributed by atoms with van der Waals surface area (Å²) in [4.78, 5) is 28.3. The number of pyridine rings is 1. The number of benzene rings is 3. The van der Waals surface area contributed by atoms with Crippen molar-refractivity contribution >= 4 is 28.6 Å². The molecule has 0 aliphatic carbocycles. The van der Waals surface area contributed by atoms with Gasteiger partial charge in [0.1, 0.15) is 5.82 Å². The van der Waals surface area contributed by atoms with Crippen LogP contribution in [-0.4, -0.2) is 22.0 Å². The second-order valence-electron chi connectivity index (χ2n) is 6.98. The third kappa shape index (κ3) is 4.29. The number of nitrogens with zero attached hydrogens (tertiary/aromatic N) is 1. The SMILES string of the molecule is O=C(O)c1ccc2nc(NC(=O)c3ccccc3-c3ccc(C(F)(F)F)cc3)ccc2c1. The van der Waals surface area contributed by atoms with Gasteiger partial charge in [-0.3, -0.25) is 4.79 Å². The van der Waals surface area contributed by atoms with Crippen molar-refractivity contribution in [2.45, 2.75) is 6.18 Å². The standard InChI is InChI=1S/C24H15F3N2O3/c25-24(26,27)17-9-5-14(6-10-17)18-3-1-2-4-19(18)22(30)29-21-12-8-15-13-16(23(31)32)7-11-20(15)28-21/h1-13H,(H,31,32)(H,28,29,30). The van der Waals surface area contributed by atoms with Crippen molar-refractivity contribution in [1.29, 1.82) is 0 Å². The summed E-state index contributed by atoms with van der Waals surface area (Å²) in [6.07, 6.45) is -4.44. The molecular weight excluding hydrogens is 421 g/mol. The summed E-state index contributed by atoms with van der Waals surface area (Å²) in [5.74, 6) is -1.27. The van der Waals surface area contributed by atoms with Crippen LogP contribution in [0.25, 0.3) is 22.0 Å². The number of hydrogen-bond donors (Lipinski definition) is 2. The van der Waals surface area contributed by atoms with Crippen molar-refractivity contribution in [2.24, 2.45) is 0 Å². The number of fused-ring (bicyclic) bond motifs is 1. The first kappa shape index (κ1) is 21.0. The minimum absolute atomic E-state index is 0.126.